The van der Waals surface area contributed by atoms with Gasteiger partial charge in [-0.25, -0.2) is 4.98 Å². The van der Waals surface area contributed by atoms with Crippen molar-refractivity contribution in [2.75, 3.05) is 42.9 Å². The second-order valence-corrected chi connectivity index (χ2v) is 7.81. The molecule has 0 aliphatic carbocycles. The van der Waals surface area contributed by atoms with Gasteiger partial charge in [0.15, 0.2) is 0 Å². The first-order valence-corrected chi connectivity index (χ1v) is 9.89. The van der Waals surface area contributed by atoms with Gasteiger partial charge in [0, 0.05) is 36.8 Å². The van der Waals surface area contributed by atoms with E-state index in [0.29, 0.717) is 16.3 Å². The van der Waals surface area contributed by atoms with Crippen LogP contribution in [-0.2, 0) is 0 Å². The van der Waals surface area contributed by atoms with Crippen molar-refractivity contribution in [2.45, 2.75) is 20.3 Å². The molecule has 1 saturated heterocycles. The van der Waals surface area contributed by atoms with Gasteiger partial charge in [0.1, 0.15) is 5.82 Å². The van der Waals surface area contributed by atoms with Gasteiger partial charge in [-0.3, -0.25) is 9.69 Å². The number of hydrogen-bond donors (Lipinski definition) is 1. The lowest BCUT2D eigenvalue weighted by atomic mass is 10.1. The number of aromatic nitrogens is 1. The molecule has 1 aliphatic heterocycles. The van der Waals surface area contributed by atoms with Crippen LogP contribution in [0.3, 0.4) is 0 Å². The zero-order valence-corrected chi connectivity index (χ0v) is 16.7. The molecule has 3 rings (SSSR count). The number of anilines is 2. The molecule has 1 aromatic carbocycles. The summed E-state index contributed by atoms with van der Waals surface area (Å²) in [7, 11) is 0. The zero-order valence-electron chi connectivity index (χ0n) is 16.0. The fourth-order valence-corrected chi connectivity index (χ4v) is 3.22. The summed E-state index contributed by atoms with van der Waals surface area (Å²) in [5.74, 6) is 1.54. The van der Waals surface area contributed by atoms with Gasteiger partial charge >= 0.3 is 0 Å². The third-order valence-electron chi connectivity index (χ3n) is 4.83. The largest absolute Gasteiger partial charge is 0.354 e. The van der Waals surface area contributed by atoms with Crippen LogP contribution in [0.25, 0.3) is 0 Å². The molecule has 1 fully saturated rings. The molecule has 0 radical (unpaired) electrons. The molecule has 1 N–H and O–H groups in total. The second kappa shape index (κ2) is 9.20. The molecule has 0 saturated carbocycles. The third-order valence-corrected chi connectivity index (χ3v) is 5.08. The molecule has 27 heavy (non-hydrogen) atoms. The van der Waals surface area contributed by atoms with Crippen LogP contribution >= 0.6 is 11.6 Å². The van der Waals surface area contributed by atoms with Crippen LogP contribution in [0.1, 0.15) is 30.6 Å². The Kier molecular flexibility index (Phi) is 6.69. The number of nitrogens with zero attached hydrogens (tertiary/aromatic N) is 3. The highest BCUT2D eigenvalue weighted by atomic mass is 35.5. The van der Waals surface area contributed by atoms with Crippen LogP contribution in [0.2, 0.25) is 5.02 Å². The molecular weight excluding hydrogens is 360 g/mol. The number of benzene rings is 1. The molecule has 1 amide bonds. The molecule has 6 heteroatoms. The highest BCUT2D eigenvalue weighted by Crippen LogP contribution is 2.18. The van der Waals surface area contributed by atoms with E-state index in [9.17, 15) is 4.79 Å². The van der Waals surface area contributed by atoms with Gasteiger partial charge in [-0.1, -0.05) is 25.4 Å². The molecule has 1 aromatic heterocycles. The maximum absolute atomic E-state index is 12.3. The lowest BCUT2D eigenvalue weighted by Gasteiger charge is -2.35. The number of halogens is 1. The van der Waals surface area contributed by atoms with Crippen LogP contribution in [0, 0.1) is 5.92 Å². The minimum atomic E-state index is -0.167. The third kappa shape index (κ3) is 5.68. The van der Waals surface area contributed by atoms with Crippen molar-refractivity contribution in [1.82, 2.24) is 9.88 Å². The number of carbonyl (C=O) groups excluding carboxylic acids is 1. The average Bonchev–Trinajstić information content (AvgIpc) is 2.68. The van der Waals surface area contributed by atoms with Gasteiger partial charge in [0.05, 0.1) is 11.9 Å². The van der Waals surface area contributed by atoms with Crippen LogP contribution in [0.5, 0.6) is 0 Å². The summed E-state index contributed by atoms with van der Waals surface area (Å²) in [6.07, 6.45) is 2.97. The maximum atomic E-state index is 12.3. The first kappa shape index (κ1) is 19.6. The Morgan fingerprint density at radius 3 is 2.41 bits per heavy atom. The summed E-state index contributed by atoms with van der Waals surface area (Å²) in [6.45, 7) is 9.84. The Morgan fingerprint density at radius 1 is 1.11 bits per heavy atom. The highest BCUT2D eigenvalue weighted by molar-refractivity contribution is 6.30. The summed E-state index contributed by atoms with van der Waals surface area (Å²) in [5.41, 5.74) is 1.26. The van der Waals surface area contributed by atoms with Crippen molar-refractivity contribution in [3.8, 4) is 0 Å². The maximum Gasteiger partial charge on any atom is 0.255 e. The molecule has 1 aliphatic rings. The summed E-state index contributed by atoms with van der Waals surface area (Å²) in [4.78, 5) is 21.6. The minimum Gasteiger partial charge on any atom is -0.354 e. The van der Waals surface area contributed by atoms with Gasteiger partial charge in [-0.2, -0.15) is 0 Å². The molecule has 0 bridgehead atoms. The van der Waals surface area contributed by atoms with Gasteiger partial charge in [0.25, 0.3) is 5.91 Å². The van der Waals surface area contributed by atoms with Crippen molar-refractivity contribution in [1.29, 1.82) is 0 Å². The fourth-order valence-electron chi connectivity index (χ4n) is 3.09. The molecule has 0 unspecified atom stereocenters. The van der Waals surface area contributed by atoms with E-state index in [1.165, 1.54) is 13.0 Å². The Morgan fingerprint density at radius 2 is 1.81 bits per heavy atom. The van der Waals surface area contributed by atoms with Crippen LogP contribution < -0.4 is 10.2 Å². The Labute approximate surface area is 166 Å². The summed E-state index contributed by atoms with van der Waals surface area (Å²) >= 11 is 5.86. The van der Waals surface area contributed by atoms with Crippen molar-refractivity contribution < 1.29 is 4.79 Å². The van der Waals surface area contributed by atoms with E-state index in [1.54, 1.807) is 30.5 Å². The van der Waals surface area contributed by atoms with Gasteiger partial charge in [-0.15, -0.1) is 0 Å². The first-order chi connectivity index (χ1) is 13.0. The topological polar surface area (TPSA) is 48.5 Å². The molecule has 0 spiro atoms. The lowest BCUT2D eigenvalue weighted by molar-refractivity contribution is 0.102. The van der Waals surface area contributed by atoms with E-state index in [1.807, 2.05) is 12.1 Å². The minimum absolute atomic E-state index is 0.167. The Hall–Kier alpha value is -2.11. The van der Waals surface area contributed by atoms with Crippen molar-refractivity contribution >= 4 is 29.0 Å². The normalized spacial score (nSPS) is 15.2. The predicted octanol–water partition coefficient (Wildman–Crippen LogP) is 4.16. The molecule has 2 heterocycles. The molecule has 144 valence electrons. The lowest BCUT2D eigenvalue weighted by Crippen LogP contribution is -2.47. The van der Waals surface area contributed by atoms with Crippen molar-refractivity contribution in [2.24, 2.45) is 5.92 Å². The van der Waals surface area contributed by atoms with Crippen LogP contribution in [-0.4, -0.2) is 48.5 Å². The second-order valence-electron chi connectivity index (χ2n) is 7.38. The number of hydrogen-bond acceptors (Lipinski definition) is 4. The van der Waals surface area contributed by atoms with E-state index < -0.39 is 0 Å². The van der Waals surface area contributed by atoms with Gasteiger partial charge < -0.3 is 10.2 Å². The van der Waals surface area contributed by atoms with Crippen molar-refractivity contribution in [3.05, 3.63) is 53.2 Å². The van der Waals surface area contributed by atoms with Crippen LogP contribution in [0.4, 0.5) is 11.5 Å². The predicted molar refractivity (Wildman–Crippen MR) is 112 cm³/mol. The van der Waals surface area contributed by atoms with Gasteiger partial charge in [-0.05, 0) is 55.3 Å². The Balaban J connectivity index is 1.52. The smallest absolute Gasteiger partial charge is 0.255 e. The molecular formula is C21H27ClN4O. The zero-order chi connectivity index (χ0) is 19.2. The van der Waals surface area contributed by atoms with E-state index in [2.05, 4.69) is 33.9 Å². The average molecular weight is 387 g/mol. The van der Waals surface area contributed by atoms with E-state index in [4.69, 9.17) is 11.6 Å². The monoisotopic (exact) mass is 386 g/mol. The number of piperazine rings is 1. The number of rotatable bonds is 6. The highest BCUT2D eigenvalue weighted by Gasteiger charge is 2.18. The molecule has 0 atom stereocenters. The summed E-state index contributed by atoms with van der Waals surface area (Å²) < 4.78 is 0. The molecule has 5 nitrogen and oxygen atoms in total. The number of nitrogens with one attached hydrogen (secondary N) is 1. The van der Waals surface area contributed by atoms with E-state index >= 15 is 0 Å². The SMILES string of the molecule is CC(C)CCN1CCN(c2ccc(NC(=O)c3ccc(Cl)cc3)cn2)CC1. The number of carbonyl (C=O) groups is 1. The Bertz CT molecular complexity index is 738. The van der Waals surface area contributed by atoms with E-state index in [0.717, 1.165) is 37.9 Å². The summed E-state index contributed by atoms with van der Waals surface area (Å²) in [5, 5.41) is 3.48. The van der Waals surface area contributed by atoms with Gasteiger partial charge in [0.2, 0.25) is 0 Å². The molecule has 2 aromatic rings. The number of pyridine rings is 1. The fraction of sp³-hybridized carbons (Fsp3) is 0.429. The van der Waals surface area contributed by atoms with E-state index in [-0.39, 0.29) is 5.91 Å². The van der Waals surface area contributed by atoms with Crippen LogP contribution in [0.15, 0.2) is 42.6 Å². The first-order valence-electron chi connectivity index (χ1n) is 9.51. The quantitative estimate of drug-likeness (QED) is 0.809. The summed E-state index contributed by atoms with van der Waals surface area (Å²) in [6, 6.07) is 10.7. The standard InChI is InChI=1S/C21H27ClN4O/c1-16(2)9-10-25-11-13-26(14-12-25)20-8-7-19(15-23-20)24-21(27)17-3-5-18(22)6-4-17/h3-8,15-16H,9-14H2,1-2H3,(H,24,27). The number of amides is 1. The van der Waals surface area contributed by atoms with Crippen molar-refractivity contribution in [3.63, 3.8) is 0 Å².